The average Bonchev–Trinajstić information content (AvgIpc) is 2.71. The molecule has 2 aromatic rings. The summed E-state index contributed by atoms with van der Waals surface area (Å²) in [6, 6.07) is 5.66. The number of benzene rings is 2. The topological polar surface area (TPSA) is 116 Å². The van der Waals surface area contributed by atoms with Crippen LogP contribution in [0.3, 0.4) is 0 Å². The number of aliphatic hydroxyl groups is 1. The van der Waals surface area contributed by atoms with Crippen LogP contribution in [-0.2, 0) is 6.42 Å². The fourth-order valence-corrected chi connectivity index (χ4v) is 3.84. The molecule has 0 radical (unpaired) electrons. The zero-order valence-corrected chi connectivity index (χ0v) is 19.3. The molecule has 2 atom stereocenters. The van der Waals surface area contributed by atoms with Gasteiger partial charge in [-0.05, 0) is 39.3 Å². The largest absolute Gasteiger partial charge is 0.508 e. The van der Waals surface area contributed by atoms with Crippen molar-refractivity contribution in [2.45, 2.75) is 45.3 Å². The first-order valence-corrected chi connectivity index (χ1v) is 10.6. The number of carbonyl (C=O) groups is 1. The minimum absolute atomic E-state index is 0.0111. The quantitative estimate of drug-likeness (QED) is 0.453. The van der Waals surface area contributed by atoms with Gasteiger partial charge in [0.2, 0.25) is 0 Å². The van der Waals surface area contributed by atoms with Gasteiger partial charge in [0.1, 0.15) is 40.4 Å². The van der Waals surface area contributed by atoms with Crippen molar-refractivity contribution in [2.75, 3.05) is 7.11 Å². The lowest BCUT2D eigenvalue weighted by Gasteiger charge is -2.30. The molecule has 0 saturated heterocycles. The number of allylic oxidation sites excluding steroid dienone is 2. The molecule has 1 aliphatic heterocycles. The predicted octanol–water partition coefficient (Wildman–Crippen LogP) is 4.58. The Balaban J connectivity index is 2.08. The van der Waals surface area contributed by atoms with Crippen molar-refractivity contribution >= 4 is 5.78 Å². The Morgan fingerprint density at radius 2 is 1.97 bits per heavy atom. The molecule has 0 unspecified atom stereocenters. The van der Waals surface area contributed by atoms with Gasteiger partial charge in [0, 0.05) is 29.2 Å². The smallest absolute Gasteiger partial charge is 0.174 e. The van der Waals surface area contributed by atoms with Crippen molar-refractivity contribution in [3.8, 4) is 28.7 Å². The number of rotatable bonds is 7. The van der Waals surface area contributed by atoms with Crippen LogP contribution in [0.4, 0.5) is 0 Å². The zero-order chi connectivity index (χ0) is 24.5. The maximum atomic E-state index is 13.0. The number of phenols is 3. The molecule has 0 saturated carbocycles. The third-order valence-electron chi connectivity index (χ3n) is 5.61. The molecule has 1 aliphatic rings. The van der Waals surface area contributed by atoms with Crippen molar-refractivity contribution in [3.05, 3.63) is 65.3 Å². The number of carbonyl (C=O) groups excluding carboxylic acids is 1. The molecule has 0 spiro atoms. The first-order chi connectivity index (χ1) is 15.4. The minimum Gasteiger partial charge on any atom is -0.508 e. The summed E-state index contributed by atoms with van der Waals surface area (Å²) in [6.45, 7) is 9.14. The Hall–Kier alpha value is -3.45. The highest BCUT2D eigenvalue weighted by Gasteiger charge is 2.35. The van der Waals surface area contributed by atoms with Crippen molar-refractivity contribution in [2.24, 2.45) is 5.92 Å². The monoisotopic (exact) mass is 454 g/mol. The second-order valence-corrected chi connectivity index (χ2v) is 8.93. The van der Waals surface area contributed by atoms with Crippen molar-refractivity contribution in [1.29, 1.82) is 0 Å². The van der Waals surface area contributed by atoms with Gasteiger partial charge in [-0.1, -0.05) is 24.3 Å². The standard InChI is InChI=1S/C26H30O7/c1-14(2)15(8-9-26(3,4)31)10-18-19(28)12-20(29)24-21(30)13-23(33-25(18)24)17-7-6-16(27)11-22(17)32-5/h6-9,11-12,15,23,27-29,31H,1,10,13H2,2-5H3/t15-,23-/m1/s1. The maximum Gasteiger partial charge on any atom is 0.174 e. The summed E-state index contributed by atoms with van der Waals surface area (Å²) in [6.07, 6.45) is 2.89. The summed E-state index contributed by atoms with van der Waals surface area (Å²) < 4.78 is 11.5. The molecule has 176 valence electrons. The lowest BCUT2D eigenvalue weighted by Crippen LogP contribution is -2.23. The van der Waals surface area contributed by atoms with E-state index >= 15 is 0 Å². The summed E-state index contributed by atoms with van der Waals surface area (Å²) in [7, 11) is 1.45. The molecule has 2 aromatic carbocycles. The Morgan fingerprint density at radius 3 is 2.58 bits per heavy atom. The highest BCUT2D eigenvalue weighted by atomic mass is 16.5. The number of ketones is 1. The van der Waals surface area contributed by atoms with Crippen molar-refractivity contribution in [3.63, 3.8) is 0 Å². The lowest BCUT2D eigenvalue weighted by molar-refractivity contribution is 0.0838. The molecular formula is C26H30O7. The minimum atomic E-state index is -1.03. The number of hydrogen-bond donors (Lipinski definition) is 4. The molecule has 33 heavy (non-hydrogen) atoms. The Labute approximate surface area is 193 Å². The summed E-state index contributed by atoms with van der Waals surface area (Å²) >= 11 is 0. The molecule has 4 N–H and O–H groups in total. The first-order valence-electron chi connectivity index (χ1n) is 10.6. The third kappa shape index (κ3) is 5.31. The Bertz CT molecular complexity index is 1110. The number of fused-ring (bicyclic) bond motifs is 1. The van der Waals surface area contributed by atoms with Gasteiger partial charge in [0.15, 0.2) is 5.78 Å². The molecule has 0 fully saturated rings. The normalized spacial score (nSPS) is 16.9. The van der Waals surface area contributed by atoms with E-state index in [1.54, 1.807) is 32.1 Å². The van der Waals surface area contributed by atoms with Crippen LogP contribution in [0.1, 0.15) is 54.8 Å². The Kier molecular flexibility index (Phi) is 6.74. The number of ether oxygens (including phenoxy) is 2. The number of aromatic hydroxyl groups is 3. The number of phenolic OH excluding ortho intramolecular Hbond substituents is 3. The second-order valence-electron chi connectivity index (χ2n) is 8.93. The molecule has 7 heteroatoms. The number of hydrogen-bond acceptors (Lipinski definition) is 7. The van der Waals surface area contributed by atoms with Crippen LogP contribution in [0, 0.1) is 5.92 Å². The first kappa shape index (κ1) is 24.2. The molecule has 0 bridgehead atoms. The van der Waals surface area contributed by atoms with E-state index in [9.17, 15) is 25.2 Å². The maximum absolute atomic E-state index is 13.0. The number of methoxy groups -OCH3 is 1. The summed E-state index contributed by atoms with van der Waals surface area (Å²) in [5.41, 5.74) is 0.685. The average molecular weight is 455 g/mol. The van der Waals surface area contributed by atoms with E-state index in [0.29, 0.717) is 16.9 Å². The van der Waals surface area contributed by atoms with Gasteiger partial charge >= 0.3 is 0 Å². The highest BCUT2D eigenvalue weighted by Crippen LogP contribution is 2.47. The fraction of sp³-hybridized carbons (Fsp3) is 0.346. The van der Waals surface area contributed by atoms with E-state index in [1.165, 1.54) is 19.2 Å². The summed E-state index contributed by atoms with van der Waals surface area (Å²) in [4.78, 5) is 13.0. The molecule has 1 heterocycles. The van der Waals surface area contributed by atoms with E-state index in [1.807, 2.05) is 6.92 Å². The molecule has 0 aromatic heterocycles. The van der Waals surface area contributed by atoms with E-state index in [0.717, 1.165) is 11.6 Å². The highest BCUT2D eigenvalue weighted by molar-refractivity contribution is 6.03. The zero-order valence-electron chi connectivity index (χ0n) is 19.3. The van der Waals surface area contributed by atoms with Crippen LogP contribution in [0.25, 0.3) is 0 Å². The van der Waals surface area contributed by atoms with Gasteiger partial charge in [-0.2, -0.15) is 0 Å². The molecule has 3 rings (SSSR count). The van der Waals surface area contributed by atoms with E-state index < -0.39 is 11.7 Å². The van der Waals surface area contributed by atoms with Crippen LogP contribution in [0.5, 0.6) is 28.7 Å². The number of Topliss-reactive ketones (excluding diaryl/α,β-unsaturated/α-hetero) is 1. The van der Waals surface area contributed by atoms with Crippen molar-refractivity contribution in [1.82, 2.24) is 0 Å². The van der Waals surface area contributed by atoms with E-state index in [4.69, 9.17) is 9.47 Å². The van der Waals surface area contributed by atoms with Gasteiger partial charge in [-0.3, -0.25) is 4.79 Å². The molecule has 0 amide bonds. The van der Waals surface area contributed by atoms with Crippen LogP contribution < -0.4 is 9.47 Å². The predicted molar refractivity (Wildman–Crippen MR) is 124 cm³/mol. The molecule has 0 aliphatic carbocycles. The summed E-state index contributed by atoms with van der Waals surface area (Å²) in [5, 5.41) is 40.9. The Morgan fingerprint density at radius 1 is 1.27 bits per heavy atom. The van der Waals surface area contributed by atoms with E-state index in [-0.39, 0.29) is 53.1 Å². The second kappa shape index (κ2) is 9.19. The molecular weight excluding hydrogens is 424 g/mol. The van der Waals surface area contributed by atoms with Crippen LogP contribution in [0.2, 0.25) is 0 Å². The van der Waals surface area contributed by atoms with Crippen LogP contribution in [-0.4, -0.2) is 38.9 Å². The van der Waals surface area contributed by atoms with Crippen molar-refractivity contribution < 1.29 is 34.7 Å². The van der Waals surface area contributed by atoms with Gasteiger partial charge in [0.25, 0.3) is 0 Å². The SMILES string of the molecule is C=C(C)[C@H](C=CC(C)(C)O)Cc1c(O)cc(O)c2c1O[C@@H](c1ccc(O)cc1OC)CC2=O. The van der Waals surface area contributed by atoms with Gasteiger partial charge in [0.05, 0.1) is 19.1 Å². The van der Waals surface area contributed by atoms with E-state index in [2.05, 4.69) is 6.58 Å². The van der Waals surface area contributed by atoms with Crippen LogP contribution in [0.15, 0.2) is 48.6 Å². The lowest BCUT2D eigenvalue weighted by atomic mass is 9.87. The van der Waals surface area contributed by atoms with Gasteiger partial charge in [-0.25, -0.2) is 0 Å². The van der Waals surface area contributed by atoms with Gasteiger partial charge in [-0.15, -0.1) is 0 Å². The molecule has 7 nitrogen and oxygen atoms in total. The summed E-state index contributed by atoms with van der Waals surface area (Å²) in [5.74, 6) is -0.697. The fourth-order valence-electron chi connectivity index (χ4n) is 3.84. The van der Waals surface area contributed by atoms with Crippen LogP contribution >= 0.6 is 0 Å². The van der Waals surface area contributed by atoms with Gasteiger partial charge < -0.3 is 29.9 Å². The third-order valence-corrected chi connectivity index (χ3v) is 5.61.